The first kappa shape index (κ1) is 18.6. The van der Waals surface area contributed by atoms with Gasteiger partial charge in [0.05, 0.1) is 5.57 Å². The highest BCUT2D eigenvalue weighted by Gasteiger charge is 2.33. The highest BCUT2D eigenvalue weighted by Crippen LogP contribution is 2.37. The van der Waals surface area contributed by atoms with Crippen molar-refractivity contribution in [2.75, 3.05) is 5.32 Å². The first-order valence-corrected chi connectivity index (χ1v) is 10.3. The van der Waals surface area contributed by atoms with Crippen molar-refractivity contribution in [3.05, 3.63) is 88.0 Å². The maximum absolute atomic E-state index is 12.3. The molecule has 1 amide bonds. The predicted octanol–water partition coefficient (Wildman–Crippen LogP) is 4.64. The summed E-state index contributed by atoms with van der Waals surface area (Å²) in [6, 6.07) is 21.5. The number of hydrogen-bond acceptors (Lipinski definition) is 4. The number of hydrogen-bond donors (Lipinski definition) is 2. The molecule has 7 heteroatoms. The number of carbonyl (C=O) groups is 1. The van der Waals surface area contributed by atoms with Crippen LogP contribution in [0.1, 0.15) is 18.5 Å². The van der Waals surface area contributed by atoms with Crippen molar-refractivity contribution in [1.82, 2.24) is 14.8 Å². The molecular formula is C23H18BrN5O. The largest absolute Gasteiger partial charge is 0.366 e. The summed E-state index contributed by atoms with van der Waals surface area (Å²) in [5.74, 6) is 0.684. The van der Waals surface area contributed by atoms with E-state index in [1.165, 1.54) is 0 Å². The average molecular weight is 460 g/mol. The molecule has 1 unspecified atom stereocenters. The summed E-state index contributed by atoms with van der Waals surface area (Å²) in [5, 5.41) is 10.2. The summed E-state index contributed by atoms with van der Waals surface area (Å²) in [6.45, 7) is 1.84. The zero-order chi connectivity index (χ0) is 20.8. The molecule has 0 fully saturated rings. The lowest BCUT2D eigenvalue weighted by atomic mass is 9.95. The van der Waals surface area contributed by atoms with E-state index in [2.05, 4.69) is 39.4 Å². The fraction of sp³-hybridized carbons (Fsp3) is 0.0870. The summed E-state index contributed by atoms with van der Waals surface area (Å²) in [4.78, 5) is 17.1. The molecule has 0 saturated heterocycles. The Kier molecular flexibility index (Phi) is 4.40. The summed E-state index contributed by atoms with van der Waals surface area (Å²) < 4.78 is 2.70. The summed E-state index contributed by atoms with van der Waals surface area (Å²) in [5.41, 5.74) is 8.75. The van der Waals surface area contributed by atoms with Crippen LogP contribution in [0.25, 0.3) is 22.2 Å². The highest BCUT2D eigenvalue weighted by atomic mass is 79.9. The van der Waals surface area contributed by atoms with Crippen LogP contribution in [0, 0.1) is 0 Å². The fourth-order valence-corrected chi connectivity index (χ4v) is 4.22. The van der Waals surface area contributed by atoms with Crippen molar-refractivity contribution in [2.45, 2.75) is 13.0 Å². The predicted molar refractivity (Wildman–Crippen MR) is 121 cm³/mol. The smallest absolute Gasteiger partial charge is 0.248 e. The molecule has 148 valence electrons. The van der Waals surface area contributed by atoms with E-state index in [-0.39, 0.29) is 0 Å². The highest BCUT2D eigenvalue weighted by molar-refractivity contribution is 9.10. The van der Waals surface area contributed by atoms with E-state index in [4.69, 9.17) is 15.8 Å². The molecule has 1 aliphatic rings. The van der Waals surface area contributed by atoms with Crippen molar-refractivity contribution in [1.29, 1.82) is 0 Å². The van der Waals surface area contributed by atoms with E-state index >= 15 is 0 Å². The van der Waals surface area contributed by atoms with Crippen LogP contribution in [0.5, 0.6) is 0 Å². The van der Waals surface area contributed by atoms with Gasteiger partial charge in [-0.2, -0.15) is 4.98 Å². The van der Waals surface area contributed by atoms with Crippen LogP contribution in [0.2, 0.25) is 0 Å². The summed E-state index contributed by atoms with van der Waals surface area (Å²) >= 11 is 3.46. The second-order valence-electron chi connectivity index (χ2n) is 7.21. The Morgan fingerprint density at radius 3 is 2.57 bits per heavy atom. The molecule has 6 nitrogen and oxygen atoms in total. The molecular weight excluding hydrogens is 442 g/mol. The van der Waals surface area contributed by atoms with Gasteiger partial charge in [-0.3, -0.25) is 4.79 Å². The van der Waals surface area contributed by atoms with Gasteiger partial charge in [-0.25, -0.2) is 4.68 Å². The van der Waals surface area contributed by atoms with Gasteiger partial charge in [0.1, 0.15) is 6.04 Å². The van der Waals surface area contributed by atoms with Crippen LogP contribution < -0.4 is 11.1 Å². The van der Waals surface area contributed by atoms with E-state index in [1.54, 1.807) is 4.68 Å². The Morgan fingerprint density at radius 2 is 1.80 bits per heavy atom. The van der Waals surface area contributed by atoms with Gasteiger partial charge in [0, 0.05) is 15.7 Å². The zero-order valence-electron chi connectivity index (χ0n) is 16.1. The summed E-state index contributed by atoms with van der Waals surface area (Å²) in [7, 11) is 0. The molecule has 4 aromatic rings. The molecule has 0 aliphatic carbocycles. The Labute approximate surface area is 181 Å². The second kappa shape index (κ2) is 7.11. The van der Waals surface area contributed by atoms with Crippen molar-refractivity contribution in [3.8, 4) is 11.4 Å². The molecule has 0 radical (unpaired) electrons. The summed E-state index contributed by atoms with van der Waals surface area (Å²) in [6.07, 6.45) is 0. The van der Waals surface area contributed by atoms with E-state index in [9.17, 15) is 4.79 Å². The molecule has 5 rings (SSSR count). The van der Waals surface area contributed by atoms with E-state index in [0.717, 1.165) is 26.4 Å². The molecule has 0 bridgehead atoms. The Morgan fingerprint density at radius 1 is 1.07 bits per heavy atom. The lowest BCUT2D eigenvalue weighted by Crippen LogP contribution is -2.31. The SMILES string of the molecule is CC1=C(C(N)=O)C(c2ccc(Br)cc2)n2nc(-c3cccc4ccccc34)nc2N1. The maximum atomic E-state index is 12.3. The minimum absolute atomic E-state index is 0.455. The molecule has 1 aromatic heterocycles. The molecule has 1 atom stereocenters. The lowest BCUT2D eigenvalue weighted by Gasteiger charge is -2.27. The minimum Gasteiger partial charge on any atom is -0.366 e. The van der Waals surface area contributed by atoms with Crippen LogP contribution in [0.15, 0.2) is 82.5 Å². The Balaban J connectivity index is 1.71. The second-order valence-corrected chi connectivity index (χ2v) is 8.13. The van der Waals surface area contributed by atoms with Gasteiger partial charge in [-0.15, -0.1) is 5.10 Å². The third kappa shape index (κ3) is 2.98. The lowest BCUT2D eigenvalue weighted by molar-refractivity contribution is -0.115. The van der Waals surface area contributed by atoms with E-state index in [1.807, 2.05) is 55.5 Å². The Hall–Kier alpha value is -3.45. The number of halogens is 1. The number of anilines is 1. The molecule has 0 spiro atoms. The molecule has 30 heavy (non-hydrogen) atoms. The molecule has 1 aliphatic heterocycles. The number of benzene rings is 3. The van der Waals surface area contributed by atoms with Gasteiger partial charge in [0.2, 0.25) is 11.9 Å². The van der Waals surface area contributed by atoms with Gasteiger partial charge in [-0.05, 0) is 35.4 Å². The first-order chi connectivity index (χ1) is 14.5. The number of nitrogens with two attached hydrogens (primary N) is 1. The Bertz CT molecular complexity index is 1320. The number of primary amides is 1. The van der Waals surface area contributed by atoms with Crippen molar-refractivity contribution in [3.63, 3.8) is 0 Å². The van der Waals surface area contributed by atoms with E-state index in [0.29, 0.717) is 23.0 Å². The number of allylic oxidation sites excluding steroid dienone is 1. The van der Waals surface area contributed by atoms with Crippen LogP contribution in [0.4, 0.5) is 5.95 Å². The standard InChI is InChI=1S/C23H18BrN5O/c1-13-19(21(25)30)20(15-9-11-16(24)12-10-15)29-23(26-13)27-22(28-29)18-8-4-6-14-5-2-3-7-17(14)18/h2-12,20H,1H3,(H2,25,30)(H,26,27,28). The quantitative estimate of drug-likeness (QED) is 0.467. The number of nitrogens with zero attached hydrogens (tertiary/aromatic N) is 3. The van der Waals surface area contributed by atoms with Gasteiger partial charge in [0.15, 0.2) is 5.82 Å². The number of amides is 1. The monoisotopic (exact) mass is 459 g/mol. The number of fused-ring (bicyclic) bond motifs is 2. The third-order valence-corrected chi connectivity index (χ3v) is 5.86. The van der Waals surface area contributed by atoms with Crippen LogP contribution in [-0.2, 0) is 4.79 Å². The molecule has 2 heterocycles. The maximum Gasteiger partial charge on any atom is 0.248 e. The van der Waals surface area contributed by atoms with Crippen LogP contribution >= 0.6 is 15.9 Å². The number of rotatable bonds is 3. The van der Waals surface area contributed by atoms with Crippen LogP contribution in [0.3, 0.4) is 0 Å². The fourth-order valence-electron chi connectivity index (χ4n) is 3.96. The van der Waals surface area contributed by atoms with Crippen LogP contribution in [-0.4, -0.2) is 20.7 Å². The van der Waals surface area contributed by atoms with Crippen molar-refractivity contribution < 1.29 is 4.79 Å². The first-order valence-electron chi connectivity index (χ1n) is 9.50. The molecule has 0 saturated carbocycles. The van der Waals surface area contributed by atoms with E-state index < -0.39 is 11.9 Å². The number of nitrogens with one attached hydrogen (secondary N) is 1. The third-order valence-electron chi connectivity index (χ3n) is 5.33. The average Bonchev–Trinajstić information content (AvgIpc) is 3.16. The van der Waals surface area contributed by atoms with Crippen molar-refractivity contribution in [2.24, 2.45) is 5.73 Å². The molecule has 3 aromatic carbocycles. The minimum atomic E-state index is -0.485. The van der Waals surface area contributed by atoms with Gasteiger partial charge in [0.25, 0.3) is 0 Å². The van der Waals surface area contributed by atoms with Gasteiger partial charge < -0.3 is 11.1 Å². The normalized spacial score (nSPS) is 15.7. The molecule has 3 N–H and O–H groups in total. The van der Waals surface area contributed by atoms with Crippen molar-refractivity contribution >= 4 is 38.6 Å². The van der Waals surface area contributed by atoms with Gasteiger partial charge in [-0.1, -0.05) is 70.5 Å². The van der Waals surface area contributed by atoms with Gasteiger partial charge >= 0.3 is 0 Å². The number of aromatic nitrogens is 3. The zero-order valence-corrected chi connectivity index (χ0v) is 17.7. The number of carbonyl (C=O) groups excluding carboxylic acids is 1. The topological polar surface area (TPSA) is 85.8 Å².